The maximum atomic E-state index is 13.6. The Morgan fingerprint density at radius 3 is 2.50 bits per heavy atom. The first-order valence-corrected chi connectivity index (χ1v) is 15.6. The van der Waals surface area contributed by atoms with E-state index in [1.807, 2.05) is 6.07 Å². The molecule has 8 nitrogen and oxygen atoms in total. The normalized spacial score (nSPS) is 17.7. The van der Waals surface area contributed by atoms with Gasteiger partial charge in [0.05, 0.1) is 35.4 Å². The van der Waals surface area contributed by atoms with Gasteiger partial charge in [0, 0.05) is 48.9 Å². The van der Waals surface area contributed by atoms with E-state index in [4.69, 9.17) is 9.88 Å². The van der Waals surface area contributed by atoms with E-state index in [9.17, 15) is 21.6 Å². The van der Waals surface area contributed by atoms with Crippen LogP contribution in [0.3, 0.4) is 0 Å². The maximum Gasteiger partial charge on any atom is 0.406 e. The molecule has 2 heterocycles. The zero-order valence-corrected chi connectivity index (χ0v) is 24.2. The van der Waals surface area contributed by atoms with Crippen molar-refractivity contribution in [1.29, 1.82) is 0 Å². The Balaban J connectivity index is 1.35. The van der Waals surface area contributed by atoms with Gasteiger partial charge in [-0.15, -0.1) is 0 Å². The van der Waals surface area contributed by atoms with Crippen LogP contribution in [0, 0.1) is 11.8 Å². The summed E-state index contributed by atoms with van der Waals surface area (Å²) in [5.74, 6) is 6.03. The van der Waals surface area contributed by atoms with Gasteiger partial charge < -0.3 is 19.9 Å². The lowest BCUT2D eigenvalue weighted by Gasteiger charge is -2.24. The number of aromatic nitrogens is 1. The van der Waals surface area contributed by atoms with Gasteiger partial charge in [0.25, 0.3) is 0 Å². The number of halogens is 3. The fourth-order valence-corrected chi connectivity index (χ4v) is 6.33. The van der Waals surface area contributed by atoms with E-state index in [0.29, 0.717) is 16.6 Å². The largest absolute Gasteiger partial charge is 0.495 e. The summed E-state index contributed by atoms with van der Waals surface area (Å²) in [5.41, 5.74) is 3.53. The first-order chi connectivity index (χ1) is 20.0. The van der Waals surface area contributed by atoms with Gasteiger partial charge >= 0.3 is 6.18 Å². The molecule has 0 amide bonds. The number of nitrogens with two attached hydrogens (primary N) is 1. The monoisotopic (exact) mass is 602 g/mol. The fraction of sp³-hybridized carbons (Fsp3) is 0.433. The lowest BCUT2D eigenvalue weighted by Crippen LogP contribution is -2.30. The number of methoxy groups -OCH3 is 1. The molecule has 1 aliphatic carbocycles. The van der Waals surface area contributed by atoms with Crippen LogP contribution in [-0.2, 0) is 16.6 Å². The summed E-state index contributed by atoms with van der Waals surface area (Å²) in [6.45, 7) is 1.23. The highest BCUT2D eigenvalue weighted by Crippen LogP contribution is 2.32. The van der Waals surface area contributed by atoms with Crippen molar-refractivity contribution >= 4 is 38.0 Å². The second kappa shape index (κ2) is 12.3. The number of nitrogens with zero attached hydrogens (tertiary/aromatic N) is 2. The molecule has 2 aliphatic rings. The van der Waals surface area contributed by atoms with E-state index >= 15 is 0 Å². The molecule has 12 heteroatoms. The van der Waals surface area contributed by atoms with Crippen LogP contribution < -0.4 is 20.5 Å². The van der Waals surface area contributed by atoms with Gasteiger partial charge in [-0.05, 0) is 49.1 Å². The third-order valence-corrected chi connectivity index (χ3v) is 8.76. The Morgan fingerprint density at radius 2 is 1.83 bits per heavy atom. The Kier molecular flexibility index (Phi) is 8.70. The summed E-state index contributed by atoms with van der Waals surface area (Å²) in [6, 6.07) is 11.5. The fourth-order valence-electron chi connectivity index (χ4n) is 5.80. The maximum absolute atomic E-state index is 13.6. The zero-order chi connectivity index (χ0) is 29.9. The quantitative estimate of drug-likeness (QED) is 0.263. The molecule has 5 rings (SSSR count). The smallest absolute Gasteiger partial charge is 0.406 e. The number of nitrogens with one attached hydrogen (secondary N) is 2. The average molecular weight is 603 g/mol. The molecule has 0 bridgehead atoms. The molecule has 0 spiro atoms. The van der Waals surface area contributed by atoms with Gasteiger partial charge in [0.1, 0.15) is 25.4 Å². The number of alkyl halides is 3. The van der Waals surface area contributed by atoms with Crippen molar-refractivity contribution in [1.82, 2.24) is 4.57 Å². The van der Waals surface area contributed by atoms with Gasteiger partial charge in [-0.3, -0.25) is 0 Å². The molecule has 224 valence electrons. The number of sulfonamides is 1. The Morgan fingerprint density at radius 1 is 1.10 bits per heavy atom. The number of ether oxygens (including phenoxy) is 1. The average Bonchev–Trinajstić information content (AvgIpc) is 3.60. The molecule has 2 fully saturated rings. The number of rotatable bonds is 7. The van der Waals surface area contributed by atoms with E-state index in [-0.39, 0.29) is 28.9 Å². The molecule has 1 saturated heterocycles. The molecule has 3 aromatic rings. The minimum absolute atomic E-state index is 0.0850. The lowest BCUT2D eigenvalue weighted by molar-refractivity contribution is -0.508. The summed E-state index contributed by atoms with van der Waals surface area (Å²) in [4.78, 5) is -0.101. The molecular weight excluding hydrogens is 567 g/mol. The predicted molar refractivity (Wildman–Crippen MR) is 158 cm³/mol. The van der Waals surface area contributed by atoms with Crippen molar-refractivity contribution in [2.75, 3.05) is 37.4 Å². The molecule has 1 aliphatic heterocycles. The van der Waals surface area contributed by atoms with Crippen LogP contribution in [0.5, 0.6) is 5.75 Å². The second-order valence-electron chi connectivity index (χ2n) is 10.7. The zero-order valence-electron chi connectivity index (χ0n) is 23.4. The molecule has 0 radical (unpaired) electrons. The van der Waals surface area contributed by atoms with Crippen molar-refractivity contribution in [2.24, 2.45) is 5.14 Å². The molecule has 0 atom stereocenters. The number of fused-ring (bicyclic) bond motifs is 1. The van der Waals surface area contributed by atoms with E-state index < -0.39 is 22.7 Å². The van der Waals surface area contributed by atoms with Crippen LogP contribution in [0.25, 0.3) is 10.9 Å². The highest BCUT2D eigenvalue weighted by molar-refractivity contribution is 7.89. The van der Waals surface area contributed by atoms with E-state index in [0.717, 1.165) is 44.5 Å². The van der Waals surface area contributed by atoms with Crippen LogP contribution >= 0.6 is 0 Å². The molecule has 42 heavy (non-hydrogen) atoms. The summed E-state index contributed by atoms with van der Waals surface area (Å²) in [7, 11) is -2.52. The highest BCUT2D eigenvalue weighted by Gasteiger charge is 2.30. The van der Waals surface area contributed by atoms with Gasteiger partial charge in [-0.25, -0.2) is 18.1 Å². The van der Waals surface area contributed by atoms with Crippen molar-refractivity contribution in [2.45, 2.75) is 62.2 Å². The highest BCUT2D eigenvalue weighted by atomic mass is 32.2. The van der Waals surface area contributed by atoms with E-state index in [1.54, 1.807) is 18.2 Å². The van der Waals surface area contributed by atoms with Crippen LogP contribution in [-0.4, -0.2) is 62.2 Å². The van der Waals surface area contributed by atoms with Crippen molar-refractivity contribution in [3.05, 3.63) is 48.2 Å². The van der Waals surface area contributed by atoms with Gasteiger partial charge in [0.15, 0.2) is 5.71 Å². The lowest BCUT2D eigenvalue weighted by atomic mass is 9.93. The number of primary sulfonamides is 1. The molecule has 0 unspecified atom stereocenters. The van der Waals surface area contributed by atoms with Crippen molar-refractivity contribution < 1.29 is 30.9 Å². The molecular formula is C30H35F3N5O3S+. The summed E-state index contributed by atoms with van der Waals surface area (Å²) < 4.78 is 73.0. The number of hydrogen-bond donors (Lipinski definition) is 3. The Labute approximate surface area is 243 Å². The SMILES string of the molecule is COc1cc(S(N)(=O)=O)ccc1NCC#Cc1cc2c(NC3CCC(=[N+]4CCCC4)CC3)cccc2n1CC(F)(F)F. The molecule has 4 N–H and O–H groups in total. The standard InChI is InChI=1S/C30H35F3N5O3S/c1-41-29-19-24(42(34,39)40)13-14-27(29)35-15-5-6-23-18-25-26(7-4-8-28(25)38(23)20-30(31,32)33)36-21-9-11-22(12-10-21)37-16-2-3-17-37/h4,7-8,13-14,18-19,21,35-36H,2-3,9-12,15-17,20H2,1H3,(H2,34,39,40)/q+1. The summed E-state index contributed by atoms with van der Waals surface area (Å²) in [6.07, 6.45) is 2.16. The first kappa shape index (κ1) is 29.8. The van der Waals surface area contributed by atoms with Crippen LogP contribution in [0.1, 0.15) is 44.2 Å². The predicted octanol–water partition coefficient (Wildman–Crippen LogP) is 4.93. The number of benzene rings is 2. The first-order valence-electron chi connectivity index (χ1n) is 14.0. The second-order valence-corrected chi connectivity index (χ2v) is 12.3. The van der Waals surface area contributed by atoms with E-state index in [1.165, 1.54) is 48.4 Å². The summed E-state index contributed by atoms with van der Waals surface area (Å²) >= 11 is 0. The summed E-state index contributed by atoms with van der Waals surface area (Å²) in [5, 5.41) is 12.5. The topological polar surface area (TPSA) is 101 Å². The van der Waals surface area contributed by atoms with Gasteiger partial charge in [-0.2, -0.15) is 13.2 Å². The molecule has 1 saturated carbocycles. The van der Waals surface area contributed by atoms with Gasteiger partial charge in [-0.1, -0.05) is 12.0 Å². The molecule has 1 aromatic heterocycles. The van der Waals surface area contributed by atoms with Crippen LogP contribution in [0.4, 0.5) is 24.5 Å². The third kappa shape index (κ3) is 7.02. The van der Waals surface area contributed by atoms with Crippen molar-refractivity contribution in [3.63, 3.8) is 0 Å². The third-order valence-electron chi connectivity index (χ3n) is 7.84. The van der Waals surface area contributed by atoms with E-state index in [2.05, 4.69) is 27.0 Å². The minimum Gasteiger partial charge on any atom is -0.495 e. The van der Waals surface area contributed by atoms with Crippen molar-refractivity contribution in [3.8, 4) is 17.6 Å². The van der Waals surface area contributed by atoms with Gasteiger partial charge in [0.2, 0.25) is 10.0 Å². The minimum atomic E-state index is -4.42. The Hall–Kier alpha value is -3.69. The number of anilines is 2. The van der Waals surface area contributed by atoms with Crippen LogP contribution in [0.15, 0.2) is 47.4 Å². The molecule has 2 aromatic carbocycles. The Bertz CT molecular complexity index is 1650. The number of hydrogen-bond acceptors (Lipinski definition) is 5. The van der Waals surface area contributed by atoms with Crippen LogP contribution in [0.2, 0.25) is 0 Å².